The molecule has 32 heavy (non-hydrogen) atoms. The second-order valence-electron chi connectivity index (χ2n) is 6.83. The minimum absolute atomic E-state index is 0.417. The molecule has 0 aliphatic heterocycles. The summed E-state index contributed by atoms with van der Waals surface area (Å²) in [5, 5.41) is 33.0. The van der Waals surface area contributed by atoms with Crippen molar-refractivity contribution in [2.45, 2.75) is 63.2 Å². The van der Waals surface area contributed by atoms with Crippen LogP contribution in [-0.4, -0.2) is 81.0 Å². The largest absolute Gasteiger partial charge is 0.481 e. The van der Waals surface area contributed by atoms with Gasteiger partial charge in [-0.25, -0.2) is 0 Å². The van der Waals surface area contributed by atoms with E-state index in [0.29, 0.717) is 0 Å². The van der Waals surface area contributed by atoms with Gasteiger partial charge >= 0.3 is 17.9 Å². The third-order valence-corrected chi connectivity index (χ3v) is 4.05. The van der Waals surface area contributed by atoms with Crippen LogP contribution >= 0.6 is 0 Å². The number of hydrogen-bond donors (Lipinski definition) is 8. The van der Waals surface area contributed by atoms with Gasteiger partial charge in [0.05, 0.1) is 12.5 Å². The van der Waals surface area contributed by atoms with Gasteiger partial charge < -0.3 is 42.7 Å². The first-order chi connectivity index (χ1) is 14.7. The number of rotatable bonds is 15. The van der Waals surface area contributed by atoms with Gasteiger partial charge in [0.1, 0.15) is 18.1 Å². The van der Waals surface area contributed by atoms with Crippen LogP contribution in [0.1, 0.15) is 39.0 Å². The van der Waals surface area contributed by atoms with E-state index in [-0.39, 0.29) is 0 Å². The maximum absolute atomic E-state index is 12.6. The van der Waals surface area contributed by atoms with E-state index in [1.807, 2.05) is 0 Å². The summed E-state index contributed by atoms with van der Waals surface area (Å²) in [6.07, 6.45) is -2.51. The van der Waals surface area contributed by atoms with Crippen LogP contribution in [0.5, 0.6) is 0 Å². The highest BCUT2D eigenvalue weighted by Crippen LogP contribution is 2.04. The molecule has 4 unspecified atom stereocenters. The lowest BCUT2D eigenvalue weighted by molar-refractivity contribution is -0.142. The topological polar surface area (TPSA) is 268 Å². The second kappa shape index (κ2) is 13.5. The van der Waals surface area contributed by atoms with E-state index in [1.165, 1.54) is 0 Å². The van der Waals surface area contributed by atoms with Crippen molar-refractivity contribution in [3.8, 4) is 0 Å². The van der Waals surface area contributed by atoms with Gasteiger partial charge in [-0.1, -0.05) is 0 Å². The van der Waals surface area contributed by atoms with Crippen LogP contribution in [-0.2, 0) is 33.6 Å². The van der Waals surface area contributed by atoms with E-state index in [4.69, 9.17) is 26.8 Å². The number of carboxylic acids is 3. The maximum Gasteiger partial charge on any atom is 0.325 e. The zero-order valence-corrected chi connectivity index (χ0v) is 17.2. The molecule has 0 aromatic heterocycles. The van der Waals surface area contributed by atoms with Crippen molar-refractivity contribution in [2.75, 3.05) is 0 Å². The average molecular weight is 461 g/mol. The highest BCUT2D eigenvalue weighted by Gasteiger charge is 2.30. The summed E-state index contributed by atoms with van der Waals surface area (Å²) in [6, 6.07) is -5.77. The molecule has 0 spiro atoms. The third kappa shape index (κ3) is 11.4. The van der Waals surface area contributed by atoms with Crippen molar-refractivity contribution in [1.82, 2.24) is 16.0 Å². The Labute approximate surface area is 181 Å². The Morgan fingerprint density at radius 1 is 0.750 bits per heavy atom. The Morgan fingerprint density at radius 2 is 1.16 bits per heavy atom. The minimum atomic E-state index is -1.51. The minimum Gasteiger partial charge on any atom is -0.481 e. The molecule has 0 heterocycles. The number of carbonyl (C=O) groups is 7. The quantitative estimate of drug-likeness (QED) is 0.118. The number of nitrogens with one attached hydrogen (secondary N) is 3. The Morgan fingerprint density at radius 3 is 1.53 bits per heavy atom. The van der Waals surface area contributed by atoms with Crippen LogP contribution in [0.25, 0.3) is 0 Å². The fourth-order valence-electron chi connectivity index (χ4n) is 2.31. The first kappa shape index (κ1) is 28.2. The highest BCUT2D eigenvalue weighted by molar-refractivity contribution is 5.95. The zero-order valence-electron chi connectivity index (χ0n) is 17.2. The molecular weight excluding hydrogens is 434 g/mol. The molecule has 0 bridgehead atoms. The number of primary amides is 1. The lowest BCUT2D eigenvalue weighted by Gasteiger charge is -2.24. The van der Waals surface area contributed by atoms with Crippen molar-refractivity contribution in [2.24, 2.45) is 11.5 Å². The molecule has 15 nitrogen and oxygen atoms in total. The third-order valence-electron chi connectivity index (χ3n) is 4.05. The molecule has 0 aliphatic carbocycles. The molecule has 0 aromatic rings. The number of carboxylic acid groups (broad SMARTS) is 3. The smallest absolute Gasteiger partial charge is 0.325 e. The number of nitrogens with two attached hydrogens (primary N) is 2. The van der Waals surface area contributed by atoms with Gasteiger partial charge in [0, 0.05) is 12.8 Å². The van der Waals surface area contributed by atoms with Gasteiger partial charge in [0.15, 0.2) is 0 Å². The molecule has 0 saturated heterocycles. The molecule has 0 fully saturated rings. The van der Waals surface area contributed by atoms with Crippen LogP contribution in [0.3, 0.4) is 0 Å². The fraction of sp³-hybridized carbons (Fsp3) is 0.588. The van der Waals surface area contributed by atoms with Crippen LogP contribution in [0.4, 0.5) is 0 Å². The fourth-order valence-corrected chi connectivity index (χ4v) is 2.31. The predicted molar refractivity (Wildman–Crippen MR) is 105 cm³/mol. The van der Waals surface area contributed by atoms with Crippen LogP contribution in [0.15, 0.2) is 0 Å². The Hall–Kier alpha value is -3.75. The van der Waals surface area contributed by atoms with Gasteiger partial charge in [0.2, 0.25) is 23.6 Å². The van der Waals surface area contributed by atoms with Gasteiger partial charge in [-0.3, -0.25) is 33.6 Å². The van der Waals surface area contributed by atoms with Crippen LogP contribution in [0, 0.1) is 0 Å². The lowest BCUT2D eigenvalue weighted by Crippen LogP contribution is -2.57. The molecule has 0 aromatic carbocycles. The van der Waals surface area contributed by atoms with Gasteiger partial charge in [-0.15, -0.1) is 0 Å². The first-order valence-electron chi connectivity index (χ1n) is 9.36. The summed E-state index contributed by atoms with van der Waals surface area (Å²) in [7, 11) is 0. The standard InChI is InChI=1S/C17H27N5O10/c1-7(17(31)32)20-15(29)9(2-4-12(24)25)22-16(30)10(3-5-13(26)27)21-14(28)8(18)6-11(19)23/h7-10H,2-6,18H2,1H3,(H2,19,23)(H,20,29)(H,21,28)(H,22,30)(H,24,25)(H,26,27)(H,31,32). The predicted octanol–water partition coefficient (Wildman–Crippen LogP) is -3.52. The average Bonchev–Trinajstić information content (AvgIpc) is 2.66. The number of amides is 4. The normalized spacial score (nSPS) is 14.2. The summed E-state index contributed by atoms with van der Waals surface area (Å²) < 4.78 is 0. The molecule has 10 N–H and O–H groups in total. The maximum atomic E-state index is 12.6. The van der Waals surface area contributed by atoms with E-state index in [0.717, 1.165) is 6.92 Å². The summed E-state index contributed by atoms with van der Waals surface area (Å²) in [6.45, 7) is 1.15. The number of hydrogen-bond acceptors (Lipinski definition) is 8. The van der Waals surface area contributed by atoms with Crippen molar-refractivity contribution >= 4 is 41.5 Å². The van der Waals surface area contributed by atoms with E-state index in [2.05, 4.69) is 16.0 Å². The first-order valence-corrected chi connectivity index (χ1v) is 9.36. The molecule has 0 saturated carbocycles. The Bertz CT molecular complexity index is 756. The molecule has 4 atom stereocenters. The summed E-state index contributed by atoms with van der Waals surface area (Å²) in [4.78, 5) is 80.6. The summed E-state index contributed by atoms with van der Waals surface area (Å²) in [5.41, 5.74) is 10.4. The van der Waals surface area contributed by atoms with E-state index in [9.17, 15) is 33.6 Å². The van der Waals surface area contributed by atoms with E-state index >= 15 is 0 Å². The monoisotopic (exact) mass is 461 g/mol. The van der Waals surface area contributed by atoms with Crippen molar-refractivity contribution < 1.29 is 48.9 Å². The molecule has 180 valence electrons. The summed E-state index contributed by atoms with van der Waals surface area (Å²) in [5.74, 6) is -7.89. The number of aliphatic carboxylic acids is 3. The molecule has 0 radical (unpaired) electrons. The van der Waals surface area contributed by atoms with Crippen molar-refractivity contribution in [3.05, 3.63) is 0 Å². The number of carbonyl (C=O) groups excluding carboxylic acids is 4. The van der Waals surface area contributed by atoms with Crippen LogP contribution in [0.2, 0.25) is 0 Å². The molecule has 15 heteroatoms. The van der Waals surface area contributed by atoms with Crippen molar-refractivity contribution in [3.63, 3.8) is 0 Å². The Kier molecular flexibility index (Phi) is 11.9. The molecule has 0 aliphatic rings. The second-order valence-corrected chi connectivity index (χ2v) is 6.83. The van der Waals surface area contributed by atoms with Crippen molar-refractivity contribution in [1.29, 1.82) is 0 Å². The zero-order chi connectivity index (χ0) is 25.0. The Balaban J connectivity index is 5.48. The van der Waals surface area contributed by atoms with E-state index < -0.39 is 97.8 Å². The SMILES string of the molecule is CC(NC(=O)C(CCC(=O)O)NC(=O)C(CCC(=O)O)NC(=O)C(N)CC(N)=O)C(=O)O. The lowest BCUT2D eigenvalue weighted by atomic mass is 10.1. The van der Waals surface area contributed by atoms with Gasteiger partial charge in [-0.2, -0.15) is 0 Å². The molecule has 4 amide bonds. The van der Waals surface area contributed by atoms with Gasteiger partial charge in [-0.05, 0) is 19.8 Å². The van der Waals surface area contributed by atoms with Gasteiger partial charge in [0.25, 0.3) is 0 Å². The van der Waals surface area contributed by atoms with Crippen LogP contribution < -0.4 is 27.4 Å². The highest BCUT2D eigenvalue weighted by atomic mass is 16.4. The summed E-state index contributed by atoms with van der Waals surface area (Å²) >= 11 is 0. The van der Waals surface area contributed by atoms with E-state index in [1.54, 1.807) is 0 Å². The molecule has 0 rings (SSSR count). The molecular formula is C17H27N5O10.